The van der Waals surface area contributed by atoms with Crippen molar-refractivity contribution in [3.63, 3.8) is 0 Å². The highest BCUT2D eigenvalue weighted by Crippen LogP contribution is 2.04. The first-order valence-corrected chi connectivity index (χ1v) is 6.34. The van der Waals surface area contributed by atoms with Gasteiger partial charge in [0.05, 0.1) is 0 Å². The van der Waals surface area contributed by atoms with E-state index in [9.17, 15) is 9.59 Å². The lowest BCUT2D eigenvalue weighted by atomic mass is 10.1. The zero-order valence-electron chi connectivity index (χ0n) is 11.4. The second kappa shape index (κ2) is 7.53. The molecule has 0 aliphatic rings. The van der Waals surface area contributed by atoms with Crippen molar-refractivity contribution in [2.45, 2.75) is 20.4 Å². The fraction of sp³-hybridized carbons (Fsp3) is 0.429. The van der Waals surface area contributed by atoms with Gasteiger partial charge < -0.3 is 16.4 Å². The Morgan fingerprint density at radius 1 is 1.21 bits per heavy atom. The van der Waals surface area contributed by atoms with Crippen LogP contribution in [0.15, 0.2) is 24.3 Å². The Bertz CT molecular complexity index is 429. The van der Waals surface area contributed by atoms with Gasteiger partial charge in [-0.2, -0.15) is 0 Å². The Morgan fingerprint density at radius 3 is 2.37 bits per heavy atom. The van der Waals surface area contributed by atoms with Crippen molar-refractivity contribution in [1.29, 1.82) is 0 Å². The molecule has 0 saturated carbocycles. The minimum absolute atomic E-state index is 0.0717. The predicted molar refractivity (Wildman–Crippen MR) is 74.5 cm³/mol. The molecule has 1 atom stereocenters. The number of rotatable bonds is 6. The minimum atomic E-state index is -0.105. The summed E-state index contributed by atoms with van der Waals surface area (Å²) in [7, 11) is 0. The van der Waals surface area contributed by atoms with E-state index in [1.54, 1.807) is 12.1 Å². The monoisotopic (exact) mass is 263 g/mol. The van der Waals surface area contributed by atoms with Gasteiger partial charge in [0.15, 0.2) is 0 Å². The summed E-state index contributed by atoms with van der Waals surface area (Å²) in [6.07, 6.45) is 0. The van der Waals surface area contributed by atoms with Crippen molar-refractivity contribution < 1.29 is 9.59 Å². The zero-order chi connectivity index (χ0) is 14.3. The van der Waals surface area contributed by atoms with Crippen LogP contribution in [0.5, 0.6) is 0 Å². The molecule has 0 fully saturated rings. The molecule has 1 aromatic rings. The highest BCUT2D eigenvalue weighted by Gasteiger charge is 2.06. The van der Waals surface area contributed by atoms with Gasteiger partial charge in [0, 0.05) is 25.6 Å². The van der Waals surface area contributed by atoms with Gasteiger partial charge in [0.25, 0.3) is 5.91 Å². The van der Waals surface area contributed by atoms with Crippen LogP contribution in [0, 0.1) is 5.92 Å². The number of nitrogens with two attached hydrogens (primary N) is 1. The Labute approximate surface area is 113 Å². The standard InChI is InChI=1S/C14H21N3O2/c1-10(7-15)8-17-14(19)13-5-3-12(4-6-13)9-16-11(2)18/h3-6,10H,7-9,15H2,1-2H3,(H,16,18)(H,17,19). The molecule has 4 N–H and O–H groups in total. The summed E-state index contributed by atoms with van der Waals surface area (Å²) in [5.41, 5.74) is 7.06. The van der Waals surface area contributed by atoms with Gasteiger partial charge in [-0.05, 0) is 30.2 Å². The third kappa shape index (κ3) is 5.52. The molecular formula is C14H21N3O2. The highest BCUT2D eigenvalue weighted by atomic mass is 16.2. The molecule has 2 amide bonds. The quantitative estimate of drug-likeness (QED) is 0.704. The molecule has 19 heavy (non-hydrogen) atoms. The maximum absolute atomic E-state index is 11.8. The van der Waals surface area contributed by atoms with Crippen molar-refractivity contribution in [3.05, 3.63) is 35.4 Å². The molecule has 1 aromatic carbocycles. The molecule has 5 heteroatoms. The lowest BCUT2D eigenvalue weighted by Gasteiger charge is -2.10. The third-order valence-electron chi connectivity index (χ3n) is 2.77. The van der Waals surface area contributed by atoms with Crippen molar-refractivity contribution in [3.8, 4) is 0 Å². The Kier molecular flexibility index (Phi) is 6.02. The van der Waals surface area contributed by atoms with Crippen LogP contribution < -0.4 is 16.4 Å². The van der Waals surface area contributed by atoms with E-state index in [-0.39, 0.29) is 17.7 Å². The van der Waals surface area contributed by atoms with Gasteiger partial charge in [-0.25, -0.2) is 0 Å². The number of hydrogen-bond donors (Lipinski definition) is 3. The summed E-state index contributed by atoms with van der Waals surface area (Å²) >= 11 is 0. The summed E-state index contributed by atoms with van der Waals surface area (Å²) < 4.78 is 0. The number of hydrogen-bond acceptors (Lipinski definition) is 3. The summed E-state index contributed by atoms with van der Waals surface area (Å²) in [5.74, 6) is 0.0898. The predicted octanol–water partition coefficient (Wildman–Crippen LogP) is 0.647. The van der Waals surface area contributed by atoms with Crippen LogP contribution in [0.4, 0.5) is 0 Å². The Hall–Kier alpha value is -1.88. The van der Waals surface area contributed by atoms with E-state index in [1.165, 1.54) is 6.92 Å². The molecule has 104 valence electrons. The first kappa shape index (κ1) is 15.2. The third-order valence-corrected chi connectivity index (χ3v) is 2.77. The molecule has 0 radical (unpaired) electrons. The van der Waals surface area contributed by atoms with E-state index in [2.05, 4.69) is 10.6 Å². The van der Waals surface area contributed by atoms with Gasteiger partial charge in [-0.1, -0.05) is 19.1 Å². The second-order valence-corrected chi connectivity index (χ2v) is 4.66. The number of nitrogens with one attached hydrogen (secondary N) is 2. The van der Waals surface area contributed by atoms with E-state index >= 15 is 0 Å². The summed E-state index contributed by atoms with van der Waals surface area (Å²) in [6, 6.07) is 7.16. The van der Waals surface area contributed by atoms with Gasteiger partial charge in [0.1, 0.15) is 0 Å². The van der Waals surface area contributed by atoms with Crippen molar-refractivity contribution >= 4 is 11.8 Å². The molecule has 0 spiro atoms. The molecule has 1 rings (SSSR count). The summed E-state index contributed by atoms with van der Waals surface area (Å²) in [5, 5.41) is 5.54. The van der Waals surface area contributed by atoms with Crippen molar-refractivity contribution in [2.24, 2.45) is 11.7 Å². The van der Waals surface area contributed by atoms with Crippen LogP contribution in [0.1, 0.15) is 29.8 Å². The maximum atomic E-state index is 11.8. The van der Waals surface area contributed by atoms with Crippen LogP contribution >= 0.6 is 0 Å². The number of carbonyl (C=O) groups excluding carboxylic acids is 2. The lowest BCUT2D eigenvalue weighted by Crippen LogP contribution is -2.31. The fourth-order valence-electron chi connectivity index (χ4n) is 1.45. The average Bonchev–Trinajstić information content (AvgIpc) is 2.42. The topological polar surface area (TPSA) is 84.2 Å². The van der Waals surface area contributed by atoms with Gasteiger partial charge in [-0.15, -0.1) is 0 Å². The Balaban J connectivity index is 2.50. The van der Waals surface area contributed by atoms with E-state index in [0.29, 0.717) is 25.2 Å². The summed E-state index contributed by atoms with van der Waals surface area (Å²) in [6.45, 7) is 5.05. The summed E-state index contributed by atoms with van der Waals surface area (Å²) in [4.78, 5) is 22.6. The first-order chi connectivity index (χ1) is 9.02. The first-order valence-electron chi connectivity index (χ1n) is 6.34. The lowest BCUT2D eigenvalue weighted by molar-refractivity contribution is -0.119. The largest absolute Gasteiger partial charge is 0.352 e. The highest BCUT2D eigenvalue weighted by molar-refractivity contribution is 5.94. The minimum Gasteiger partial charge on any atom is -0.352 e. The van der Waals surface area contributed by atoms with Gasteiger partial charge >= 0.3 is 0 Å². The van der Waals surface area contributed by atoms with Gasteiger partial charge in [-0.3, -0.25) is 9.59 Å². The molecule has 1 unspecified atom stereocenters. The number of amides is 2. The van der Waals surface area contributed by atoms with Crippen LogP contribution in [-0.2, 0) is 11.3 Å². The van der Waals surface area contributed by atoms with E-state index in [1.807, 2.05) is 19.1 Å². The van der Waals surface area contributed by atoms with Crippen molar-refractivity contribution in [2.75, 3.05) is 13.1 Å². The van der Waals surface area contributed by atoms with Gasteiger partial charge in [0.2, 0.25) is 5.91 Å². The van der Waals surface area contributed by atoms with Crippen LogP contribution in [0.25, 0.3) is 0 Å². The number of benzene rings is 1. The maximum Gasteiger partial charge on any atom is 0.251 e. The molecule has 0 saturated heterocycles. The molecule has 0 aliphatic carbocycles. The Morgan fingerprint density at radius 2 is 1.84 bits per heavy atom. The molecule has 0 aliphatic heterocycles. The fourth-order valence-corrected chi connectivity index (χ4v) is 1.45. The molecule has 0 bridgehead atoms. The zero-order valence-corrected chi connectivity index (χ0v) is 11.4. The molecule has 5 nitrogen and oxygen atoms in total. The van der Waals surface area contributed by atoms with Crippen LogP contribution in [-0.4, -0.2) is 24.9 Å². The van der Waals surface area contributed by atoms with Crippen LogP contribution in [0.2, 0.25) is 0 Å². The molecule has 0 heterocycles. The van der Waals surface area contributed by atoms with E-state index in [4.69, 9.17) is 5.73 Å². The molecular weight excluding hydrogens is 242 g/mol. The molecule has 0 aromatic heterocycles. The van der Waals surface area contributed by atoms with Crippen LogP contribution in [0.3, 0.4) is 0 Å². The number of carbonyl (C=O) groups is 2. The average molecular weight is 263 g/mol. The van der Waals surface area contributed by atoms with Crippen molar-refractivity contribution in [1.82, 2.24) is 10.6 Å². The van der Waals surface area contributed by atoms with E-state index in [0.717, 1.165) is 5.56 Å². The SMILES string of the molecule is CC(=O)NCc1ccc(C(=O)NCC(C)CN)cc1. The normalized spacial score (nSPS) is 11.7. The van der Waals surface area contributed by atoms with E-state index < -0.39 is 0 Å². The second-order valence-electron chi connectivity index (χ2n) is 4.66. The smallest absolute Gasteiger partial charge is 0.251 e.